The molecule has 1 heterocycles. The van der Waals surface area contributed by atoms with Crippen LogP contribution in [0.1, 0.15) is 35.1 Å². The van der Waals surface area contributed by atoms with Crippen LogP contribution in [0.25, 0.3) is 0 Å². The molecule has 0 atom stereocenters. The number of hydrogen-bond acceptors (Lipinski definition) is 5. The highest BCUT2D eigenvalue weighted by Crippen LogP contribution is 2.26. The first-order valence-corrected chi connectivity index (χ1v) is 13.6. The number of piperidine rings is 1. The molecule has 1 saturated heterocycles. The van der Waals surface area contributed by atoms with Crippen molar-refractivity contribution >= 4 is 25.8 Å². The van der Waals surface area contributed by atoms with E-state index in [0.717, 1.165) is 11.1 Å². The molecule has 1 N–H and O–H groups in total. The summed E-state index contributed by atoms with van der Waals surface area (Å²) in [6, 6.07) is 10.3. The molecule has 0 radical (unpaired) electrons. The molecule has 0 aliphatic carbocycles. The highest BCUT2D eigenvalue weighted by atomic mass is 32.2. The predicted molar refractivity (Wildman–Crippen MR) is 124 cm³/mol. The molecule has 1 fully saturated rings. The number of sulfonamides is 1. The molecule has 0 unspecified atom stereocenters. The second-order valence-corrected chi connectivity index (χ2v) is 12.3. The summed E-state index contributed by atoms with van der Waals surface area (Å²) in [5.74, 6) is -0.358. The first kappa shape index (κ1) is 24.4. The molecule has 174 valence electrons. The summed E-state index contributed by atoms with van der Waals surface area (Å²) in [4.78, 5) is 14.7. The average Bonchev–Trinajstić information content (AvgIpc) is 2.77. The Bertz CT molecular complexity index is 1190. The third-order valence-corrected chi connectivity index (χ3v) is 10.2. The minimum Gasteiger partial charge on any atom is -0.341 e. The molecule has 32 heavy (non-hydrogen) atoms. The van der Waals surface area contributed by atoms with Crippen molar-refractivity contribution in [3.8, 4) is 0 Å². The summed E-state index contributed by atoms with van der Waals surface area (Å²) in [5.41, 5.74) is 3.09. The number of amides is 1. The van der Waals surface area contributed by atoms with Crippen molar-refractivity contribution < 1.29 is 21.6 Å². The van der Waals surface area contributed by atoms with Gasteiger partial charge in [-0.15, -0.1) is 0 Å². The third kappa shape index (κ3) is 4.89. The Morgan fingerprint density at radius 3 is 2.00 bits per heavy atom. The fourth-order valence-electron chi connectivity index (χ4n) is 4.14. The standard InChI is InChI=1S/C23H30N2O5S2/c1-16-14-17(2)19(4)23(18(16)3)32(29,30)24-15-22(26)25-12-10-21(11-13-25)31(27,28)20-8-6-5-7-9-20/h5-9,14,21,24H,10-13,15H2,1-4H3. The number of hydrogen-bond donors (Lipinski definition) is 1. The fraction of sp³-hybridized carbons (Fsp3) is 0.435. The molecule has 0 aromatic heterocycles. The summed E-state index contributed by atoms with van der Waals surface area (Å²) in [7, 11) is -7.31. The van der Waals surface area contributed by atoms with Gasteiger partial charge in [0, 0.05) is 13.1 Å². The number of nitrogens with one attached hydrogen (secondary N) is 1. The minimum absolute atomic E-state index is 0.218. The van der Waals surface area contributed by atoms with Crippen molar-refractivity contribution in [2.24, 2.45) is 0 Å². The lowest BCUT2D eigenvalue weighted by Gasteiger charge is -2.32. The van der Waals surface area contributed by atoms with Gasteiger partial charge in [0.25, 0.3) is 0 Å². The molecular weight excluding hydrogens is 448 g/mol. The zero-order chi connectivity index (χ0) is 23.7. The van der Waals surface area contributed by atoms with Crippen molar-refractivity contribution in [2.45, 2.75) is 55.6 Å². The van der Waals surface area contributed by atoms with Crippen LogP contribution in [0.5, 0.6) is 0 Å². The van der Waals surface area contributed by atoms with Crippen LogP contribution in [0.4, 0.5) is 0 Å². The first-order valence-electron chi connectivity index (χ1n) is 10.6. The van der Waals surface area contributed by atoms with E-state index < -0.39 is 25.1 Å². The maximum absolute atomic E-state index is 12.9. The van der Waals surface area contributed by atoms with Gasteiger partial charge < -0.3 is 4.90 Å². The van der Waals surface area contributed by atoms with Gasteiger partial charge in [-0.05, 0) is 74.9 Å². The van der Waals surface area contributed by atoms with Crippen LogP contribution in [0, 0.1) is 27.7 Å². The number of benzene rings is 2. The summed E-state index contributed by atoms with van der Waals surface area (Å²) in [5, 5.41) is -0.550. The highest BCUT2D eigenvalue weighted by Gasteiger charge is 2.33. The van der Waals surface area contributed by atoms with Gasteiger partial charge in [0.05, 0.1) is 21.6 Å². The van der Waals surface area contributed by atoms with Gasteiger partial charge in [-0.25, -0.2) is 21.6 Å². The van der Waals surface area contributed by atoms with Crippen molar-refractivity contribution in [3.63, 3.8) is 0 Å². The van der Waals surface area contributed by atoms with Crippen LogP contribution in [0.15, 0.2) is 46.2 Å². The van der Waals surface area contributed by atoms with Gasteiger partial charge in [0.1, 0.15) is 0 Å². The Kier molecular flexibility index (Phi) is 7.12. The van der Waals surface area contributed by atoms with Gasteiger partial charge in [0.15, 0.2) is 9.84 Å². The third-order valence-electron chi connectivity index (χ3n) is 6.28. The van der Waals surface area contributed by atoms with Gasteiger partial charge >= 0.3 is 0 Å². The molecule has 0 bridgehead atoms. The monoisotopic (exact) mass is 478 g/mol. The highest BCUT2D eigenvalue weighted by molar-refractivity contribution is 7.92. The van der Waals surface area contributed by atoms with Gasteiger partial charge in [-0.2, -0.15) is 0 Å². The van der Waals surface area contributed by atoms with Crippen LogP contribution in [-0.2, 0) is 24.7 Å². The molecule has 9 heteroatoms. The molecule has 1 amide bonds. The number of rotatable bonds is 6. The molecule has 2 aromatic rings. The van der Waals surface area contributed by atoms with Crippen molar-refractivity contribution in [1.29, 1.82) is 0 Å². The van der Waals surface area contributed by atoms with E-state index in [9.17, 15) is 21.6 Å². The van der Waals surface area contributed by atoms with Gasteiger partial charge in [-0.3, -0.25) is 4.79 Å². The Morgan fingerprint density at radius 1 is 0.938 bits per heavy atom. The van der Waals surface area contributed by atoms with E-state index in [-0.39, 0.29) is 35.3 Å². The molecule has 7 nitrogen and oxygen atoms in total. The van der Waals surface area contributed by atoms with Crippen molar-refractivity contribution in [1.82, 2.24) is 9.62 Å². The molecule has 2 aromatic carbocycles. The maximum Gasteiger partial charge on any atom is 0.241 e. The van der Waals surface area contributed by atoms with Crippen LogP contribution in [0.2, 0.25) is 0 Å². The van der Waals surface area contributed by atoms with Crippen LogP contribution in [-0.4, -0.2) is 52.5 Å². The lowest BCUT2D eigenvalue weighted by atomic mass is 10.0. The summed E-state index contributed by atoms with van der Waals surface area (Å²) in [6.07, 6.45) is 0.649. The largest absolute Gasteiger partial charge is 0.341 e. The number of carbonyl (C=O) groups is 1. The van der Waals surface area contributed by atoms with E-state index in [1.807, 2.05) is 19.9 Å². The molecule has 0 spiro atoms. The summed E-state index contributed by atoms with van der Waals surface area (Å²) < 4.78 is 53.9. The summed E-state index contributed by atoms with van der Waals surface area (Å²) in [6.45, 7) is 7.44. The van der Waals surface area contributed by atoms with Crippen LogP contribution < -0.4 is 4.72 Å². The number of sulfone groups is 1. The normalized spacial score (nSPS) is 15.7. The second kappa shape index (κ2) is 9.33. The smallest absolute Gasteiger partial charge is 0.241 e. The quantitative estimate of drug-likeness (QED) is 0.688. The minimum atomic E-state index is -3.86. The predicted octanol–water partition coefficient (Wildman–Crippen LogP) is 2.66. The molecule has 3 rings (SSSR count). The van der Waals surface area contributed by atoms with Crippen LogP contribution in [0.3, 0.4) is 0 Å². The fourth-order valence-corrected chi connectivity index (χ4v) is 7.48. The van der Waals surface area contributed by atoms with Crippen LogP contribution >= 0.6 is 0 Å². The van der Waals surface area contributed by atoms with E-state index in [2.05, 4.69) is 4.72 Å². The van der Waals surface area contributed by atoms with Gasteiger partial charge in [-0.1, -0.05) is 24.3 Å². The SMILES string of the molecule is Cc1cc(C)c(C)c(S(=O)(=O)NCC(=O)N2CCC(S(=O)(=O)c3ccccc3)CC2)c1C. The molecule has 1 aliphatic rings. The summed E-state index contributed by atoms with van der Waals surface area (Å²) >= 11 is 0. The second-order valence-electron chi connectivity index (χ2n) is 8.35. The number of carbonyl (C=O) groups excluding carboxylic acids is 1. The Morgan fingerprint density at radius 2 is 1.47 bits per heavy atom. The molecule has 0 saturated carbocycles. The maximum atomic E-state index is 12.9. The number of likely N-dealkylation sites (tertiary alicyclic amines) is 1. The number of aryl methyl sites for hydroxylation is 2. The van der Waals surface area contributed by atoms with E-state index in [1.54, 1.807) is 44.2 Å². The van der Waals surface area contributed by atoms with E-state index in [4.69, 9.17) is 0 Å². The lowest BCUT2D eigenvalue weighted by Crippen LogP contribution is -2.46. The van der Waals surface area contributed by atoms with E-state index >= 15 is 0 Å². The van der Waals surface area contributed by atoms with Crippen molar-refractivity contribution in [3.05, 3.63) is 58.7 Å². The zero-order valence-corrected chi connectivity index (χ0v) is 20.5. The average molecular weight is 479 g/mol. The molecule has 1 aliphatic heterocycles. The van der Waals surface area contributed by atoms with Gasteiger partial charge in [0.2, 0.25) is 15.9 Å². The lowest BCUT2D eigenvalue weighted by molar-refractivity contribution is -0.130. The number of nitrogens with zero attached hydrogens (tertiary/aromatic N) is 1. The molecular formula is C23H30N2O5S2. The topological polar surface area (TPSA) is 101 Å². The van der Waals surface area contributed by atoms with E-state index in [0.29, 0.717) is 24.0 Å². The first-order chi connectivity index (χ1) is 14.9. The Labute approximate surface area is 190 Å². The Hall–Kier alpha value is -2.23. The Balaban J connectivity index is 1.64. The van der Waals surface area contributed by atoms with E-state index in [1.165, 1.54) is 4.90 Å². The zero-order valence-electron chi connectivity index (χ0n) is 18.9. The van der Waals surface area contributed by atoms with Crippen molar-refractivity contribution in [2.75, 3.05) is 19.6 Å².